The Labute approximate surface area is 157 Å². The van der Waals surface area contributed by atoms with Crippen molar-refractivity contribution < 1.29 is 4.74 Å². The lowest BCUT2D eigenvalue weighted by Crippen LogP contribution is -2.19. The van der Waals surface area contributed by atoms with Gasteiger partial charge in [-0.3, -0.25) is 0 Å². The minimum absolute atomic E-state index is 0.814. The fourth-order valence-electron chi connectivity index (χ4n) is 3.87. The Morgan fingerprint density at radius 1 is 0.889 bits per heavy atom. The lowest BCUT2D eigenvalue weighted by Gasteiger charge is -2.19. The van der Waals surface area contributed by atoms with Gasteiger partial charge in [-0.15, -0.1) is 0 Å². The highest BCUT2D eigenvalue weighted by Gasteiger charge is 2.20. The maximum Gasteiger partial charge on any atom is 0.158 e. The maximum atomic E-state index is 5.46. The molecule has 1 aliphatic rings. The van der Waals surface area contributed by atoms with Crippen LogP contribution in [0.4, 0.5) is 5.82 Å². The Bertz CT molecular complexity index is 1120. The number of rotatable bonds is 3. The van der Waals surface area contributed by atoms with Crippen LogP contribution >= 0.6 is 0 Å². The normalized spacial score (nSPS) is 14.2. The standard InChI is InChI=1S/C22H20N4O/c1-27-16-9-10-17-18(13-16)19(15-7-3-2-4-8-15)25-21-20(17)23-14-24-22(21)26-11-5-6-12-26/h2-4,7-10,13-14H,5-6,11-12H2,1H3. The number of benzene rings is 2. The molecule has 0 unspecified atom stereocenters. The molecule has 2 aromatic carbocycles. The predicted molar refractivity (Wildman–Crippen MR) is 108 cm³/mol. The first-order valence-electron chi connectivity index (χ1n) is 9.28. The van der Waals surface area contributed by atoms with Gasteiger partial charge in [-0.25, -0.2) is 15.0 Å². The van der Waals surface area contributed by atoms with Crippen LogP contribution in [0.2, 0.25) is 0 Å². The summed E-state index contributed by atoms with van der Waals surface area (Å²) in [4.78, 5) is 16.6. The molecule has 5 rings (SSSR count). The molecule has 0 aliphatic carbocycles. The highest BCUT2D eigenvalue weighted by molar-refractivity contribution is 6.11. The summed E-state index contributed by atoms with van der Waals surface area (Å²) in [5.74, 6) is 1.75. The molecule has 134 valence electrons. The lowest BCUT2D eigenvalue weighted by molar-refractivity contribution is 0.415. The van der Waals surface area contributed by atoms with Crippen molar-refractivity contribution in [3.63, 3.8) is 0 Å². The smallest absolute Gasteiger partial charge is 0.158 e. The Balaban J connectivity index is 1.87. The van der Waals surface area contributed by atoms with E-state index in [0.717, 1.165) is 57.7 Å². The van der Waals surface area contributed by atoms with Gasteiger partial charge in [-0.2, -0.15) is 0 Å². The summed E-state index contributed by atoms with van der Waals surface area (Å²) in [6.45, 7) is 2.05. The number of fused-ring (bicyclic) bond motifs is 3. The first-order valence-corrected chi connectivity index (χ1v) is 9.28. The number of hydrogen-bond donors (Lipinski definition) is 0. The molecule has 0 saturated carbocycles. The predicted octanol–water partition coefficient (Wildman–Crippen LogP) is 4.45. The molecular formula is C22H20N4O. The minimum atomic E-state index is 0.814. The molecule has 5 nitrogen and oxygen atoms in total. The van der Waals surface area contributed by atoms with Gasteiger partial charge < -0.3 is 9.64 Å². The summed E-state index contributed by atoms with van der Waals surface area (Å²) in [7, 11) is 1.69. The molecule has 1 saturated heterocycles. The molecule has 0 radical (unpaired) electrons. The molecule has 0 bridgehead atoms. The second kappa shape index (κ2) is 6.50. The topological polar surface area (TPSA) is 51.1 Å². The van der Waals surface area contributed by atoms with E-state index in [-0.39, 0.29) is 0 Å². The van der Waals surface area contributed by atoms with Gasteiger partial charge in [0.15, 0.2) is 5.82 Å². The van der Waals surface area contributed by atoms with Crippen molar-refractivity contribution in [3.05, 3.63) is 54.9 Å². The van der Waals surface area contributed by atoms with Crippen LogP contribution in [0.1, 0.15) is 12.8 Å². The van der Waals surface area contributed by atoms with Crippen LogP contribution in [0.3, 0.4) is 0 Å². The molecule has 2 aromatic heterocycles. The molecule has 1 aliphatic heterocycles. The number of anilines is 1. The molecule has 0 atom stereocenters. The van der Waals surface area contributed by atoms with Crippen molar-refractivity contribution in [2.45, 2.75) is 12.8 Å². The van der Waals surface area contributed by atoms with Crippen LogP contribution in [0.5, 0.6) is 5.75 Å². The van der Waals surface area contributed by atoms with E-state index in [1.54, 1.807) is 13.4 Å². The Hall–Kier alpha value is -3.21. The third-order valence-corrected chi connectivity index (χ3v) is 5.22. The van der Waals surface area contributed by atoms with Gasteiger partial charge in [-0.1, -0.05) is 30.3 Å². The molecule has 0 N–H and O–H groups in total. The number of nitrogens with zero attached hydrogens (tertiary/aromatic N) is 4. The first-order chi connectivity index (χ1) is 13.3. The van der Waals surface area contributed by atoms with E-state index in [9.17, 15) is 0 Å². The quantitative estimate of drug-likeness (QED) is 0.508. The lowest BCUT2D eigenvalue weighted by atomic mass is 10.0. The van der Waals surface area contributed by atoms with Crippen LogP contribution in [0.25, 0.3) is 33.1 Å². The van der Waals surface area contributed by atoms with Crippen LogP contribution in [0, 0.1) is 0 Å². The molecule has 4 aromatic rings. The Morgan fingerprint density at radius 3 is 2.48 bits per heavy atom. The summed E-state index contributed by atoms with van der Waals surface area (Å²) < 4.78 is 5.46. The van der Waals surface area contributed by atoms with Crippen molar-refractivity contribution >= 4 is 27.6 Å². The molecule has 0 amide bonds. The SMILES string of the molecule is COc1ccc2c(c1)c(-c1ccccc1)nc1c(N3CCCC3)ncnc12. The zero-order valence-corrected chi connectivity index (χ0v) is 15.2. The van der Waals surface area contributed by atoms with Gasteiger partial charge in [0.25, 0.3) is 0 Å². The third kappa shape index (κ3) is 2.67. The van der Waals surface area contributed by atoms with Gasteiger partial charge >= 0.3 is 0 Å². The molecule has 3 heterocycles. The summed E-state index contributed by atoms with van der Waals surface area (Å²) in [5.41, 5.74) is 3.78. The van der Waals surface area contributed by atoms with E-state index in [4.69, 9.17) is 9.72 Å². The number of hydrogen-bond acceptors (Lipinski definition) is 5. The van der Waals surface area contributed by atoms with Crippen LogP contribution in [-0.4, -0.2) is 35.2 Å². The maximum absolute atomic E-state index is 5.46. The van der Waals surface area contributed by atoms with Crippen LogP contribution < -0.4 is 9.64 Å². The zero-order chi connectivity index (χ0) is 18.2. The van der Waals surface area contributed by atoms with Crippen molar-refractivity contribution in [1.29, 1.82) is 0 Å². The molecule has 5 heteroatoms. The second-order valence-electron chi connectivity index (χ2n) is 6.83. The van der Waals surface area contributed by atoms with Crippen molar-refractivity contribution in [2.75, 3.05) is 25.1 Å². The average Bonchev–Trinajstić information content (AvgIpc) is 3.27. The molecular weight excluding hydrogens is 336 g/mol. The number of ether oxygens (including phenoxy) is 1. The molecule has 1 fully saturated rings. The van der Waals surface area contributed by atoms with Gasteiger partial charge in [0, 0.05) is 29.4 Å². The monoisotopic (exact) mass is 356 g/mol. The van der Waals surface area contributed by atoms with E-state index in [0.29, 0.717) is 0 Å². The van der Waals surface area contributed by atoms with Crippen molar-refractivity contribution in [1.82, 2.24) is 15.0 Å². The largest absolute Gasteiger partial charge is 0.497 e. The summed E-state index contributed by atoms with van der Waals surface area (Å²) >= 11 is 0. The summed E-state index contributed by atoms with van der Waals surface area (Å²) in [6, 6.07) is 16.4. The van der Waals surface area contributed by atoms with E-state index in [2.05, 4.69) is 33.1 Å². The Kier molecular flexibility index (Phi) is 3.85. The molecule has 0 spiro atoms. The third-order valence-electron chi connectivity index (χ3n) is 5.22. The fraction of sp³-hybridized carbons (Fsp3) is 0.227. The number of pyridine rings is 1. The fourth-order valence-corrected chi connectivity index (χ4v) is 3.87. The summed E-state index contributed by atoms with van der Waals surface area (Å²) in [6.07, 6.45) is 4.05. The van der Waals surface area contributed by atoms with E-state index < -0.39 is 0 Å². The molecule has 27 heavy (non-hydrogen) atoms. The zero-order valence-electron chi connectivity index (χ0n) is 15.2. The first kappa shape index (κ1) is 16.0. The van der Waals surface area contributed by atoms with E-state index >= 15 is 0 Å². The Morgan fingerprint density at radius 2 is 1.70 bits per heavy atom. The van der Waals surface area contributed by atoms with Crippen LogP contribution in [0.15, 0.2) is 54.9 Å². The summed E-state index contributed by atoms with van der Waals surface area (Å²) in [5, 5.41) is 2.11. The number of aromatic nitrogens is 3. The highest BCUT2D eigenvalue weighted by atomic mass is 16.5. The van der Waals surface area contributed by atoms with Crippen molar-refractivity contribution in [3.8, 4) is 17.0 Å². The second-order valence-corrected chi connectivity index (χ2v) is 6.83. The van der Waals surface area contributed by atoms with Crippen LogP contribution in [-0.2, 0) is 0 Å². The van der Waals surface area contributed by atoms with Crippen molar-refractivity contribution in [2.24, 2.45) is 0 Å². The number of methoxy groups -OCH3 is 1. The van der Waals surface area contributed by atoms with Gasteiger partial charge in [0.05, 0.1) is 12.8 Å². The van der Waals surface area contributed by atoms with Gasteiger partial charge in [-0.05, 0) is 31.0 Å². The average molecular weight is 356 g/mol. The van der Waals surface area contributed by atoms with E-state index in [1.165, 1.54) is 12.8 Å². The van der Waals surface area contributed by atoms with E-state index in [1.807, 2.05) is 30.3 Å². The van der Waals surface area contributed by atoms with Gasteiger partial charge in [0.1, 0.15) is 23.1 Å². The highest BCUT2D eigenvalue weighted by Crippen LogP contribution is 2.36. The van der Waals surface area contributed by atoms with Gasteiger partial charge in [0.2, 0.25) is 0 Å². The minimum Gasteiger partial charge on any atom is -0.497 e.